The predicted octanol–water partition coefficient (Wildman–Crippen LogP) is 5.11. The Balaban J connectivity index is 1.51. The van der Waals surface area contributed by atoms with Crippen molar-refractivity contribution in [2.24, 2.45) is 0 Å². The molecule has 0 atom stereocenters. The number of hydrogen-bond donors (Lipinski definition) is 3. The number of piperazine rings is 1. The van der Waals surface area contributed by atoms with Gasteiger partial charge in [-0.05, 0) is 68.8 Å². The SMILES string of the molecule is COc1ccccc1N1CCN(c2ccc(NC(=O)Nc3cccc(C)c3)cc2C(=O)NC(C)C)CC1. The van der Waals surface area contributed by atoms with Crippen LogP contribution in [0.1, 0.15) is 29.8 Å². The van der Waals surface area contributed by atoms with Crippen LogP contribution in [0.4, 0.5) is 27.5 Å². The lowest BCUT2D eigenvalue weighted by Gasteiger charge is -2.38. The molecule has 194 valence electrons. The number of anilines is 4. The molecule has 37 heavy (non-hydrogen) atoms. The van der Waals surface area contributed by atoms with Gasteiger partial charge in [-0.1, -0.05) is 24.3 Å². The van der Waals surface area contributed by atoms with Crippen LogP contribution in [0.2, 0.25) is 0 Å². The summed E-state index contributed by atoms with van der Waals surface area (Å²) < 4.78 is 5.54. The lowest BCUT2D eigenvalue weighted by Crippen LogP contribution is -2.47. The maximum Gasteiger partial charge on any atom is 0.323 e. The van der Waals surface area contributed by atoms with E-state index in [1.807, 2.05) is 75.4 Å². The zero-order valence-corrected chi connectivity index (χ0v) is 21.9. The van der Waals surface area contributed by atoms with E-state index in [2.05, 4.69) is 31.8 Å². The monoisotopic (exact) mass is 501 g/mol. The van der Waals surface area contributed by atoms with Crippen molar-refractivity contribution in [3.63, 3.8) is 0 Å². The summed E-state index contributed by atoms with van der Waals surface area (Å²) in [5, 5.41) is 8.70. The van der Waals surface area contributed by atoms with Crippen molar-refractivity contribution in [1.82, 2.24) is 5.32 Å². The van der Waals surface area contributed by atoms with Crippen molar-refractivity contribution in [2.45, 2.75) is 26.8 Å². The maximum atomic E-state index is 13.2. The Morgan fingerprint density at radius 1 is 0.811 bits per heavy atom. The summed E-state index contributed by atoms with van der Waals surface area (Å²) in [4.78, 5) is 30.3. The average molecular weight is 502 g/mol. The van der Waals surface area contributed by atoms with Crippen molar-refractivity contribution in [3.05, 3.63) is 77.9 Å². The third-order valence-electron chi connectivity index (χ3n) is 6.24. The molecule has 1 heterocycles. The zero-order chi connectivity index (χ0) is 26.4. The highest BCUT2D eigenvalue weighted by Crippen LogP contribution is 2.31. The molecule has 1 aliphatic rings. The second kappa shape index (κ2) is 11.7. The quantitative estimate of drug-likeness (QED) is 0.419. The normalized spacial score (nSPS) is 13.3. The van der Waals surface area contributed by atoms with Gasteiger partial charge >= 0.3 is 6.03 Å². The summed E-state index contributed by atoms with van der Waals surface area (Å²) in [5.41, 5.74) is 4.77. The summed E-state index contributed by atoms with van der Waals surface area (Å²) >= 11 is 0. The van der Waals surface area contributed by atoms with Crippen LogP contribution in [0.5, 0.6) is 5.75 Å². The van der Waals surface area contributed by atoms with Crippen molar-refractivity contribution in [2.75, 3.05) is 53.7 Å². The molecule has 1 fully saturated rings. The number of nitrogens with one attached hydrogen (secondary N) is 3. The number of benzene rings is 3. The minimum atomic E-state index is -0.362. The number of amides is 3. The smallest absolute Gasteiger partial charge is 0.323 e. The van der Waals surface area contributed by atoms with E-state index in [1.54, 1.807) is 13.2 Å². The zero-order valence-electron chi connectivity index (χ0n) is 21.9. The van der Waals surface area contributed by atoms with Gasteiger partial charge in [-0.2, -0.15) is 0 Å². The first-order chi connectivity index (χ1) is 17.8. The van der Waals surface area contributed by atoms with Crippen molar-refractivity contribution in [1.29, 1.82) is 0 Å². The lowest BCUT2D eigenvalue weighted by molar-refractivity contribution is 0.0943. The van der Waals surface area contributed by atoms with Crippen molar-refractivity contribution < 1.29 is 14.3 Å². The summed E-state index contributed by atoms with van der Waals surface area (Å²) in [6, 6.07) is 20.7. The molecule has 4 rings (SSSR count). The molecule has 1 aliphatic heterocycles. The Hall–Kier alpha value is -4.20. The number of hydrogen-bond acceptors (Lipinski definition) is 5. The molecule has 0 unspecified atom stereocenters. The first-order valence-corrected chi connectivity index (χ1v) is 12.6. The molecule has 3 N–H and O–H groups in total. The maximum absolute atomic E-state index is 13.2. The van der Waals surface area contributed by atoms with Crippen LogP contribution in [-0.4, -0.2) is 51.3 Å². The van der Waals surface area contributed by atoms with E-state index < -0.39 is 0 Å². The van der Waals surface area contributed by atoms with Gasteiger partial charge in [0, 0.05) is 49.3 Å². The Kier molecular flexibility index (Phi) is 8.18. The van der Waals surface area contributed by atoms with E-state index in [-0.39, 0.29) is 18.0 Å². The topological polar surface area (TPSA) is 85.9 Å². The standard InChI is InChI=1S/C29H35N5O3/c1-20(2)30-28(35)24-19-23(32-29(36)31-22-9-7-8-21(3)18-22)12-13-25(24)33-14-16-34(17-15-33)26-10-5-6-11-27(26)37-4/h5-13,18-20H,14-17H2,1-4H3,(H,30,35)(H2,31,32,36). The van der Waals surface area contributed by atoms with Gasteiger partial charge in [-0.25, -0.2) is 4.79 Å². The van der Waals surface area contributed by atoms with Gasteiger partial charge in [-0.15, -0.1) is 0 Å². The first kappa shape index (κ1) is 25.9. The number of para-hydroxylation sites is 2. The number of carbonyl (C=O) groups is 2. The van der Waals surface area contributed by atoms with Crippen LogP contribution in [0, 0.1) is 6.92 Å². The summed E-state index contributed by atoms with van der Waals surface area (Å²) in [5.74, 6) is 0.687. The van der Waals surface area contributed by atoms with Crippen LogP contribution in [-0.2, 0) is 0 Å². The largest absolute Gasteiger partial charge is 0.495 e. The number of methoxy groups -OCH3 is 1. The van der Waals surface area contributed by atoms with Crippen LogP contribution in [0.15, 0.2) is 66.7 Å². The highest BCUT2D eigenvalue weighted by atomic mass is 16.5. The van der Waals surface area contributed by atoms with Gasteiger partial charge in [0.1, 0.15) is 5.75 Å². The molecule has 3 amide bonds. The highest BCUT2D eigenvalue weighted by Gasteiger charge is 2.24. The lowest BCUT2D eigenvalue weighted by atomic mass is 10.1. The molecule has 8 nitrogen and oxygen atoms in total. The minimum Gasteiger partial charge on any atom is -0.495 e. The van der Waals surface area contributed by atoms with E-state index in [0.717, 1.165) is 48.9 Å². The number of urea groups is 1. The number of aryl methyl sites for hydroxylation is 1. The van der Waals surface area contributed by atoms with Gasteiger partial charge in [0.15, 0.2) is 0 Å². The second-order valence-corrected chi connectivity index (χ2v) is 9.45. The predicted molar refractivity (Wildman–Crippen MR) is 150 cm³/mol. The highest BCUT2D eigenvalue weighted by molar-refractivity contribution is 6.04. The van der Waals surface area contributed by atoms with E-state index in [9.17, 15) is 9.59 Å². The molecular weight excluding hydrogens is 466 g/mol. The van der Waals surface area contributed by atoms with E-state index in [4.69, 9.17) is 4.74 Å². The van der Waals surface area contributed by atoms with Crippen LogP contribution >= 0.6 is 0 Å². The Bertz CT molecular complexity index is 1250. The molecule has 0 aromatic heterocycles. The molecule has 1 saturated heterocycles. The minimum absolute atomic E-state index is 0.0102. The molecule has 0 bridgehead atoms. The number of ether oxygens (including phenoxy) is 1. The molecule has 3 aromatic carbocycles. The average Bonchev–Trinajstić information content (AvgIpc) is 2.88. The third kappa shape index (κ3) is 6.52. The van der Waals surface area contributed by atoms with Crippen LogP contribution in [0.25, 0.3) is 0 Å². The van der Waals surface area contributed by atoms with Gasteiger partial charge < -0.3 is 30.5 Å². The molecule has 0 aliphatic carbocycles. The summed E-state index contributed by atoms with van der Waals surface area (Å²) in [7, 11) is 1.69. The summed E-state index contributed by atoms with van der Waals surface area (Å²) in [6.45, 7) is 8.93. The Labute approximate surface area is 218 Å². The Morgan fingerprint density at radius 2 is 1.46 bits per heavy atom. The fraction of sp³-hybridized carbons (Fsp3) is 0.310. The molecule has 0 spiro atoms. The molecular formula is C29H35N5O3. The van der Waals surface area contributed by atoms with E-state index >= 15 is 0 Å². The van der Waals surface area contributed by atoms with Crippen LogP contribution in [0.3, 0.4) is 0 Å². The molecule has 8 heteroatoms. The van der Waals surface area contributed by atoms with E-state index in [1.165, 1.54) is 0 Å². The fourth-order valence-corrected chi connectivity index (χ4v) is 4.51. The van der Waals surface area contributed by atoms with Gasteiger partial charge in [0.05, 0.1) is 18.4 Å². The van der Waals surface area contributed by atoms with Crippen LogP contribution < -0.4 is 30.5 Å². The number of carbonyl (C=O) groups excluding carboxylic acids is 2. The van der Waals surface area contributed by atoms with Gasteiger partial charge in [0.2, 0.25) is 0 Å². The second-order valence-electron chi connectivity index (χ2n) is 9.45. The number of nitrogens with zero attached hydrogens (tertiary/aromatic N) is 2. The fourth-order valence-electron chi connectivity index (χ4n) is 4.51. The van der Waals surface area contributed by atoms with Crippen molar-refractivity contribution in [3.8, 4) is 5.75 Å². The number of rotatable bonds is 7. The first-order valence-electron chi connectivity index (χ1n) is 12.6. The molecule has 0 saturated carbocycles. The van der Waals surface area contributed by atoms with Gasteiger partial charge in [-0.3, -0.25) is 4.79 Å². The molecule has 0 radical (unpaired) electrons. The molecule has 3 aromatic rings. The van der Waals surface area contributed by atoms with Gasteiger partial charge in [0.25, 0.3) is 5.91 Å². The Morgan fingerprint density at radius 3 is 2.11 bits per heavy atom. The van der Waals surface area contributed by atoms with E-state index in [0.29, 0.717) is 16.9 Å². The van der Waals surface area contributed by atoms with Crippen molar-refractivity contribution >= 4 is 34.7 Å². The third-order valence-corrected chi connectivity index (χ3v) is 6.24. The summed E-state index contributed by atoms with van der Waals surface area (Å²) in [6.07, 6.45) is 0.